The summed E-state index contributed by atoms with van der Waals surface area (Å²) in [5.41, 5.74) is 2.49. The molecule has 1 amide bonds. The highest BCUT2D eigenvalue weighted by molar-refractivity contribution is 6.00. The topological polar surface area (TPSA) is 54.0 Å². The van der Waals surface area contributed by atoms with Gasteiger partial charge in [0, 0.05) is 31.1 Å². The number of anilines is 1. The maximum Gasteiger partial charge on any atom is 0.225 e. The van der Waals surface area contributed by atoms with Gasteiger partial charge in [0.25, 0.3) is 0 Å². The zero-order valence-electron chi connectivity index (χ0n) is 13.1. The summed E-state index contributed by atoms with van der Waals surface area (Å²) in [6.07, 6.45) is 2.06. The molecule has 0 atom stereocenters. The van der Waals surface area contributed by atoms with Crippen molar-refractivity contribution in [2.45, 2.75) is 13.0 Å². The van der Waals surface area contributed by atoms with E-state index in [1.807, 2.05) is 30.3 Å². The van der Waals surface area contributed by atoms with Crippen LogP contribution in [0.25, 0.3) is 10.9 Å². The Labute approximate surface area is 139 Å². The lowest BCUT2D eigenvalue weighted by Gasteiger charge is -2.08. The van der Waals surface area contributed by atoms with Crippen molar-refractivity contribution in [1.82, 2.24) is 10.3 Å². The molecule has 3 rings (SSSR count). The number of fused-ring (bicyclic) bond motifs is 1. The Bertz CT molecular complexity index is 828. The molecule has 2 N–H and O–H groups in total. The third-order valence-corrected chi connectivity index (χ3v) is 3.68. The Morgan fingerprint density at radius 2 is 1.83 bits per heavy atom. The molecule has 0 radical (unpaired) electrons. The van der Waals surface area contributed by atoms with Crippen LogP contribution in [0.1, 0.15) is 12.0 Å². The predicted octanol–water partition coefficient (Wildman–Crippen LogP) is 3.49. The van der Waals surface area contributed by atoms with E-state index >= 15 is 0 Å². The predicted molar refractivity (Wildman–Crippen MR) is 93.1 cm³/mol. The molecule has 122 valence electrons. The van der Waals surface area contributed by atoms with Gasteiger partial charge in [-0.1, -0.05) is 30.3 Å². The monoisotopic (exact) mass is 323 g/mol. The van der Waals surface area contributed by atoms with Gasteiger partial charge in [-0.05, 0) is 29.8 Å². The highest BCUT2D eigenvalue weighted by Crippen LogP contribution is 2.20. The highest BCUT2D eigenvalue weighted by Gasteiger charge is 2.06. The molecule has 24 heavy (non-hydrogen) atoms. The van der Waals surface area contributed by atoms with E-state index in [0.29, 0.717) is 19.5 Å². The van der Waals surface area contributed by atoms with E-state index in [2.05, 4.69) is 15.6 Å². The fourth-order valence-electron chi connectivity index (χ4n) is 2.45. The van der Waals surface area contributed by atoms with Crippen molar-refractivity contribution in [2.24, 2.45) is 0 Å². The summed E-state index contributed by atoms with van der Waals surface area (Å²) in [4.78, 5) is 16.4. The second-order valence-corrected chi connectivity index (χ2v) is 5.48. The van der Waals surface area contributed by atoms with Gasteiger partial charge < -0.3 is 10.6 Å². The van der Waals surface area contributed by atoms with Crippen LogP contribution in [0.3, 0.4) is 0 Å². The van der Waals surface area contributed by atoms with Crippen LogP contribution in [0.5, 0.6) is 0 Å². The lowest BCUT2D eigenvalue weighted by atomic mass is 10.2. The van der Waals surface area contributed by atoms with E-state index < -0.39 is 0 Å². The van der Waals surface area contributed by atoms with E-state index in [0.717, 1.165) is 22.2 Å². The molecule has 1 aromatic heterocycles. The lowest BCUT2D eigenvalue weighted by Crippen LogP contribution is -2.21. The second kappa shape index (κ2) is 7.66. The quantitative estimate of drug-likeness (QED) is 0.683. The van der Waals surface area contributed by atoms with Gasteiger partial charge in [-0.2, -0.15) is 0 Å². The van der Waals surface area contributed by atoms with E-state index in [1.54, 1.807) is 18.3 Å². The van der Waals surface area contributed by atoms with Gasteiger partial charge in [-0.15, -0.1) is 0 Å². The van der Waals surface area contributed by atoms with Crippen molar-refractivity contribution in [3.8, 4) is 0 Å². The molecule has 0 unspecified atom stereocenters. The van der Waals surface area contributed by atoms with Crippen LogP contribution >= 0.6 is 0 Å². The standard InChI is InChI=1S/C19H18FN3O/c20-16-8-6-14(7-9-16)13-21-12-10-18(24)23-17-5-1-3-15-4-2-11-22-19(15)17/h1-9,11,21H,10,12-13H2,(H,23,24). The first-order valence-corrected chi connectivity index (χ1v) is 7.81. The van der Waals surface area contributed by atoms with Gasteiger partial charge in [0.05, 0.1) is 11.2 Å². The third kappa shape index (κ3) is 4.14. The number of halogens is 1. The smallest absolute Gasteiger partial charge is 0.225 e. The van der Waals surface area contributed by atoms with Crippen LogP contribution in [0.2, 0.25) is 0 Å². The molecule has 5 heteroatoms. The largest absolute Gasteiger partial charge is 0.324 e. The number of carbonyl (C=O) groups is 1. The number of nitrogens with one attached hydrogen (secondary N) is 2. The number of aromatic nitrogens is 1. The van der Waals surface area contributed by atoms with Crippen molar-refractivity contribution in [2.75, 3.05) is 11.9 Å². The number of hydrogen-bond acceptors (Lipinski definition) is 3. The van der Waals surface area contributed by atoms with E-state index in [-0.39, 0.29) is 11.7 Å². The molecule has 2 aromatic carbocycles. The molecule has 0 spiro atoms. The Balaban J connectivity index is 1.49. The first-order valence-electron chi connectivity index (χ1n) is 7.81. The lowest BCUT2D eigenvalue weighted by molar-refractivity contribution is -0.116. The van der Waals surface area contributed by atoms with Crippen LogP contribution < -0.4 is 10.6 Å². The molecule has 0 bridgehead atoms. The van der Waals surface area contributed by atoms with Crippen molar-refractivity contribution in [3.05, 3.63) is 72.2 Å². The molecule has 0 fully saturated rings. The molecule has 0 saturated heterocycles. The third-order valence-electron chi connectivity index (χ3n) is 3.68. The number of benzene rings is 2. The van der Waals surface area contributed by atoms with E-state index in [9.17, 15) is 9.18 Å². The molecule has 0 aliphatic rings. The Morgan fingerprint density at radius 1 is 1.04 bits per heavy atom. The fourth-order valence-corrected chi connectivity index (χ4v) is 2.45. The van der Waals surface area contributed by atoms with Crippen LogP contribution in [-0.2, 0) is 11.3 Å². The maximum absolute atomic E-state index is 12.8. The van der Waals surface area contributed by atoms with Crippen molar-refractivity contribution < 1.29 is 9.18 Å². The Kier molecular flexibility index (Phi) is 5.13. The fraction of sp³-hybridized carbons (Fsp3) is 0.158. The number of hydrogen-bond donors (Lipinski definition) is 2. The summed E-state index contributed by atoms with van der Waals surface area (Å²) in [5.74, 6) is -0.318. The minimum absolute atomic E-state index is 0.0697. The van der Waals surface area contributed by atoms with Crippen LogP contribution in [-0.4, -0.2) is 17.4 Å². The Morgan fingerprint density at radius 3 is 2.67 bits per heavy atom. The molecular formula is C19H18FN3O. The van der Waals surface area contributed by atoms with E-state index in [4.69, 9.17) is 0 Å². The van der Waals surface area contributed by atoms with Crippen molar-refractivity contribution in [1.29, 1.82) is 0 Å². The van der Waals surface area contributed by atoms with Gasteiger partial charge in [0.1, 0.15) is 5.82 Å². The average Bonchev–Trinajstić information content (AvgIpc) is 2.61. The molecule has 0 aliphatic heterocycles. The molecule has 3 aromatic rings. The van der Waals surface area contributed by atoms with Gasteiger partial charge in [-0.3, -0.25) is 9.78 Å². The van der Waals surface area contributed by atoms with Gasteiger partial charge in [0.2, 0.25) is 5.91 Å². The average molecular weight is 323 g/mol. The summed E-state index contributed by atoms with van der Waals surface area (Å²) in [6.45, 7) is 1.14. The van der Waals surface area contributed by atoms with Gasteiger partial charge in [0.15, 0.2) is 0 Å². The summed E-state index contributed by atoms with van der Waals surface area (Å²) in [7, 11) is 0. The number of amides is 1. The summed E-state index contributed by atoms with van der Waals surface area (Å²) in [6, 6.07) is 15.8. The van der Waals surface area contributed by atoms with E-state index in [1.165, 1.54) is 12.1 Å². The molecular weight excluding hydrogens is 305 g/mol. The zero-order valence-corrected chi connectivity index (χ0v) is 13.1. The second-order valence-electron chi connectivity index (χ2n) is 5.48. The summed E-state index contributed by atoms with van der Waals surface area (Å²) < 4.78 is 12.8. The number of pyridine rings is 1. The summed E-state index contributed by atoms with van der Waals surface area (Å²) in [5, 5.41) is 7.07. The number of carbonyl (C=O) groups excluding carboxylic acids is 1. The van der Waals surface area contributed by atoms with Gasteiger partial charge in [-0.25, -0.2) is 4.39 Å². The summed E-state index contributed by atoms with van der Waals surface area (Å²) >= 11 is 0. The maximum atomic E-state index is 12.8. The zero-order chi connectivity index (χ0) is 16.8. The minimum atomic E-state index is -0.248. The number of para-hydroxylation sites is 1. The molecule has 1 heterocycles. The van der Waals surface area contributed by atoms with Crippen LogP contribution in [0.15, 0.2) is 60.8 Å². The van der Waals surface area contributed by atoms with Crippen molar-refractivity contribution >= 4 is 22.5 Å². The molecule has 0 saturated carbocycles. The first kappa shape index (κ1) is 16.1. The minimum Gasteiger partial charge on any atom is -0.324 e. The van der Waals surface area contributed by atoms with Crippen LogP contribution in [0.4, 0.5) is 10.1 Å². The SMILES string of the molecule is O=C(CCNCc1ccc(F)cc1)Nc1cccc2cccnc12. The molecule has 4 nitrogen and oxygen atoms in total. The van der Waals surface area contributed by atoms with Crippen LogP contribution in [0, 0.1) is 5.82 Å². The normalized spacial score (nSPS) is 10.7. The highest BCUT2D eigenvalue weighted by atomic mass is 19.1. The number of rotatable bonds is 6. The first-order chi connectivity index (χ1) is 11.7. The Hall–Kier alpha value is -2.79. The van der Waals surface area contributed by atoms with Gasteiger partial charge >= 0.3 is 0 Å². The molecule has 0 aliphatic carbocycles. The number of nitrogens with zero attached hydrogens (tertiary/aromatic N) is 1. The van der Waals surface area contributed by atoms with Crippen molar-refractivity contribution in [3.63, 3.8) is 0 Å².